The van der Waals surface area contributed by atoms with E-state index in [9.17, 15) is 13.6 Å². The molecule has 1 aromatic rings. The van der Waals surface area contributed by atoms with Gasteiger partial charge in [0.05, 0.1) is 6.61 Å². The molecule has 6 heteroatoms. The Kier molecular flexibility index (Phi) is 7.20. The largest absolute Gasteiger partial charge is 0.760 e. The van der Waals surface area contributed by atoms with E-state index in [2.05, 4.69) is 4.72 Å². The summed E-state index contributed by atoms with van der Waals surface area (Å²) in [5.41, 5.74) is 0.685. The predicted octanol–water partition coefficient (Wildman–Crippen LogP) is 2.85. The van der Waals surface area contributed by atoms with Crippen LogP contribution in [-0.4, -0.2) is 27.7 Å². The number of carbonyl (C=O) groups is 1. The van der Waals surface area contributed by atoms with Gasteiger partial charge in [0.1, 0.15) is 5.75 Å². The normalized spacial score (nSPS) is 22.5. The van der Waals surface area contributed by atoms with Gasteiger partial charge in [0.15, 0.2) is 5.78 Å². The predicted molar refractivity (Wildman–Crippen MR) is 88.9 cm³/mol. The fourth-order valence-electron chi connectivity index (χ4n) is 3.20. The van der Waals surface area contributed by atoms with Crippen molar-refractivity contribution >= 4 is 17.0 Å². The molecule has 128 valence electrons. The minimum absolute atomic E-state index is 0.0483. The van der Waals surface area contributed by atoms with Gasteiger partial charge in [0.25, 0.3) is 0 Å². The van der Waals surface area contributed by atoms with E-state index in [1.54, 1.807) is 19.1 Å². The number of hydrogen-bond donors (Lipinski definition) is 1. The van der Waals surface area contributed by atoms with Gasteiger partial charge in [-0.3, -0.25) is 9.00 Å². The van der Waals surface area contributed by atoms with Crippen molar-refractivity contribution in [2.75, 3.05) is 13.2 Å². The summed E-state index contributed by atoms with van der Waals surface area (Å²) in [5.74, 6) is 1.78. The quantitative estimate of drug-likeness (QED) is 0.584. The van der Waals surface area contributed by atoms with E-state index >= 15 is 0 Å². The number of carbonyl (C=O) groups excluding carboxylic acids is 1. The second-order valence-electron chi connectivity index (χ2n) is 6.11. The lowest BCUT2D eigenvalue weighted by atomic mass is 9.78. The van der Waals surface area contributed by atoms with Crippen molar-refractivity contribution in [3.05, 3.63) is 29.8 Å². The van der Waals surface area contributed by atoms with Crippen LogP contribution in [0.1, 0.15) is 49.4 Å². The van der Waals surface area contributed by atoms with Crippen molar-refractivity contribution in [2.24, 2.45) is 11.8 Å². The number of nitrogens with one attached hydrogen (secondary N) is 1. The molecule has 0 amide bonds. The average molecular weight is 338 g/mol. The maximum atomic E-state index is 11.3. The summed E-state index contributed by atoms with van der Waals surface area (Å²) in [6, 6.07) is 7.22. The number of rotatable bonds is 8. The molecule has 5 nitrogen and oxygen atoms in total. The highest BCUT2D eigenvalue weighted by molar-refractivity contribution is 7.77. The Morgan fingerprint density at radius 3 is 2.52 bits per heavy atom. The third-order valence-corrected chi connectivity index (χ3v) is 4.97. The first-order valence-electron chi connectivity index (χ1n) is 8.13. The Balaban J connectivity index is 1.83. The monoisotopic (exact) mass is 338 g/mol. The summed E-state index contributed by atoms with van der Waals surface area (Å²) in [6.45, 7) is 2.68. The summed E-state index contributed by atoms with van der Waals surface area (Å²) < 4.78 is 29.4. The van der Waals surface area contributed by atoms with E-state index in [-0.39, 0.29) is 5.78 Å². The minimum Gasteiger partial charge on any atom is -0.760 e. The van der Waals surface area contributed by atoms with E-state index in [4.69, 9.17) is 4.74 Å². The lowest BCUT2D eigenvalue weighted by Gasteiger charge is -2.31. The van der Waals surface area contributed by atoms with Crippen molar-refractivity contribution in [3.8, 4) is 5.75 Å². The van der Waals surface area contributed by atoms with Gasteiger partial charge in [0, 0.05) is 23.4 Å². The summed E-state index contributed by atoms with van der Waals surface area (Å²) in [4.78, 5) is 11.3. The molecule has 23 heavy (non-hydrogen) atoms. The van der Waals surface area contributed by atoms with Gasteiger partial charge in [0.2, 0.25) is 0 Å². The average Bonchev–Trinajstić information content (AvgIpc) is 2.54. The van der Waals surface area contributed by atoms with Crippen LogP contribution >= 0.6 is 0 Å². The highest BCUT2D eigenvalue weighted by atomic mass is 32.2. The SMILES string of the molecule is CC(=O)c1ccc(OCC2CCCCC2CCNS(=O)[O-])cc1. The fraction of sp³-hybridized carbons (Fsp3) is 0.588. The molecule has 3 unspecified atom stereocenters. The molecule has 0 aliphatic heterocycles. The fourth-order valence-corrected chi connectivity index (χ4v) is 3.49. The van der Waals surface area contributed by atoms with E-state index in [0.29, 0.717) is 30.6 Å². The maximum absolute atomic E-state index is 11.3. The van der Waals surface area contributed by atoms with Crippen molar-refractivity contribution in [3.63, 3.8) is 0 Å². The Morgan fingerprint density at radius 2 is 1.91 bits per heavy atom. The van der Waals surface area contributed by atoms with Gasteiger partial charge < -0.3 is 9.29 Å². The van der Waals surface area contributed by atoms with Gasteiger partial charge in [-0.1, -0.05) is 19.3 Å². The number of benzene rings is 1. The third-order valence-electron chi connectivity index (χ3n) is 4.53. The van der Waals surface area contributed by atoms with Crippen LogP contribution in [0.5, 0.6) is 5.75 Å². The van der Waals surface area contributed by atoms with Gasteiger partial charge in [-0.05, 0) is 55.9 Å². The van der Waals surface area contributed by atoms with E-state index in [1.165, 1.54) is 12.8 Å². The summed E-state index contributed by atoms with van der Waals surface area (Å²) >= 11 is -2.18. The third kappa shape index (κ3) is 6.05. The topological polar surface area (TPSA) is 78.5 Å². The van der Waals surface area contributed by atoms with Crippen LogP contribution in [0, 0.1) is 11.8 Å². The van der Waals surface area contributed by atoms with Crippen LogP contribution in [0.3, 0.4) is 0 Å². The second-order valence-corrected chi connectivity index (χ2v) is 6.87. The second kappa shape index (κ2) is 9.15. The van der Waals surface area contributed by atoms with Gasteiger partial charge in [-0.2, -0.15) is 0 Å². The Morgan fingerprint density at radius 1 is 1.26 bits per heavy atom. The first-order valence-corrected chi connectivity index (χ1v) is 9.20. The van der Waals surface area contributed by atoms with Crippen molar-refractivity contribution in [1.82, 2.24) is 4.72 Å². The van der Waals surface area contributed by atoms with Crippen LogP contribution in [0.4, 0.5) is 0 Å². The van der Waals surface area contributed by atoms with Crippen LogP contribution in [-0.2, 0) is 11.3 Å². The van der Waals surface area contributed by atoms with Crippen molar-refractivity contribution in [2.45, 2.75) is 39.0 Å². The van der Waals surface area contributed by atoms with Gasteiger partial charge in [-0.15, -0.1) is 0 Å². The summed E-state index contributed by atoms with van der Waals surface area (Å²) in [6.07, 6.45) is 5.51. The molecule has 3 atom stereocenters. The maximum Gasteiger partial charge on any atom is 0.159 e. The Labute approximate surface area is 140 Å². The zero-order chi connectivity index (χ0) is 16.7. The molecular weight excluding hydrogens is 314 g/mol. The van der Waals surface area contributed by atoms with Gasteiger partial charge in [-0.25, -0.2) is 4.72 Å². The van der Waals surface area contributed by atoms with Gasteiger partial charge >= 0.3 is 0 Å². The molecule has 1 saturated carbocycles. The van der Waals surface area contributed by atoms with E-state index in [1.807, 2.05) is 12.1 Å². The zero-order valence-corrected chi connectivity index (χ0v) is 14.3. The molecule has 0 saturated heterocycles. The first-order chi connectivity index (χ1) is 11.1. The number of ether oxygens (including phenoxy) is 1. The molecule has 1 aliphatic rings. The first kappa shape index (κ1) is 18.1. The highest BCUT2D eigenvalue weighted by Crippen LogP contribution is 2.32. The molecule has 0 aromatic heterocycles. The molecule has 0 bridgehead atoms. The lowest BCUT2D eigenvalue weighted by molar-refractivity contribution is 0.101. The zero-order valence-electron chi connectivity index (χ0n) is 13.5. The van der Waals surface area contributed by atoms with E-state index in [0.717, 1.165) is 25.0 Å². The molecule has 0 spiro atoms. The Bertz CT molecular complexity index is 532. The molecule has 0 radical (unpaired) electrons. The standard InChI is InChI=1S/C17H25NO4S/c1-13(19)14-6-8-17(9-7-14)22-12-16-5-3-2-4-15(16)10-11-18-23(20)21/h6-9,15-16,18H,2-5,10-12H2,1H3,(H,20,21)/p-1. The van der Waals surface area contributed by atoms with E-state index < -0.39 is 11.3 Å². The molecule has 0 heterocycles. The smallest absolute Gasteiger partial charge is 0.159 e. The summed E-state index contributed by atoms with van der Waals surface area (Å²) in [7, 11) is 0. The number of ketones is 1. The van der Waals surface area contributed by atoms with Crippen LogP contribution in [0.15, 0.2) is 24.3 Å². The Hall–Kier alpha value is -1.24. The van der Waals surface area contributed by atoms with Crippen LogP contribution in [0.25, 0.3) is 0 Å². The van der Waals surface area contributed by atoms with Crippen LogP contribution in [0.2, 0.25) is 0 Å². The molecular formula is C17H24NO4S-. The molecule has 1 aliphatic carbocycles. The van der Waals surface area contributed by atoms with Crippen LogP contribution < -0.4 is 9.46 Å². The van der Waals surface area contributed by atoms with Crippen molar-refractivity contribution in [1.29, 1.82) is 0 Å². The molecule has 1 N–H and O–H groups in total. The number of hydrogen-bond acceptors (Lipinski definition) is 4. The lowest BCUT2D eigenvalue weighted by Crippen LogP contribution is -2.29. The summed E-state index contributed by atoms with van der Waals surface area (Å²) in [5, 5.41) is 0. The minimum atomic E-state index is -2.18. The molecule has 2 rings (SSSR count). The molecule has 1 aromatic carbocycles. The van der Waals surface area contributed by atoms with Crippen molar-refractivity contribution < 1.29 is 18.3 Å². The highest BCUT2D eigenvalue weighted by Gasteiger charge is 2.25. The molecule has 1 fully saturated rings. The number of Topliss-reactive ketones (excluding diaryl/α,β-unsaturated/α-hetero) is 1.